The Labute approximate surface area is 101 Å². The normalized spacial score (nSPS) is 15.7. The maximum absolute atomic E-state index is 12.0. The van der Waals surface area contributed by atoms with Crippen LogP contribution in [0.3, 0.4) is 0 Å². The predicted octanol–water partition coefficient (Wildman–Crippen LogP) is 2.53. The predicted molar refractivity (Wildman–Crippen MR) is 61.0 cm³/mol. The molecule has 0 N–H and O–H groups in total. The van der Waals surface area contributed by atoms with Crippen molar-refractivity contribution in [1.29, 1.82) is 0 Å². The highest BCUT2D eigenvalue weighted by Gasteiger charge is 2.21. The van der Waals surface area contributed by atoms with E-state index < -0.39 is 0 Å². The van der Waals surface area contributed by atoms with E-state index in [0.717, 1.165) is 0 Å². The summed E-state index contributed by atoms with van der Waals surface area (Å²) in [5.41, 5.74) is 0.616. The van der Waals surface area contributed by atoms with Gasteiger partial charge in [0.1, 0.15) is 6.73 Å². The van der Waals surface area contributed by atoms with Gasteiger partial charge in [-0.1, -0.05) is 11.6 Å². The van der Waals surface area contributed by atoms with Crippen LogP contribution in [0.1, 0.15) is 10.4 Å². The Bertz CT molecular complexity index is 391. The molecule has 80 valence electrons. The summed E-state index contributed by atoms with van der Waals surface area (Å²) in [4.78, 5) is 13.6. The Morgan fingerprint density at radius 2 is 2.33 bits per heavy atom. The summed E-state index contributed by atoms with van der Waals surface area (Å²) < 4.78 is 5.84. The summed E-state index contributed by atoms with van der Waals surface area (Å²) in [6.07, 6.45) is 0. The molecule has 0 unspecified atom stereocenters. The van der Waals surface area contributed by atoms with Gasteiger partial charge in [-0.2, -0.15) is 0 Å². The van der Waals surface area contributed by atoms with E-state index in [1.54, 1.807) is 23.1 Å². The van der Waals surface area contributed by atoms with Gasteiger partial charge in [0.25, 0.3) is 5.91 Å². The van der Waals surface area contributed by atoms with Gasteiger partial charge in [0, 0.05) is 16.0 Å². The van der Waals surface area contributed by atoms with Crippen LogP contribution in [0, 0.1) is 0 Å². The van der Waals surface area contributed by atoms with Crippen LogP contribution in [0.2, 0.25) is 5.02 Å². The Morgan fingerprint density at radius 1 is 1.53 bits per heavy atom. The van der Waals surface area contributed by atoms with Crippen LogP contribution in [0.4, 0.5) is 0 Å². The quantitative estimate of drug-likeness (QED) is 0.795. The molecule has 1 saturated heterocycles. The van der Waals surface area contributed by atoms with Crippen LogP contribution < -0.4 is 0 Å². The summed E-state index contributed by atoms with van der Waals surface area (Å²) in [5.74, 6) is -0.0314. The van der Waals surface area contributed by atoms with Gasteiger partial charge in [0.15, 0.2) is 0 Å². The molecule has 3 nitrogen and oxygen atoms in total. The minimum absolute atomic E-state index is 0.0314. The standard InChI is InChI=1S/C10H9BrClNO2/c11-9-5-7(12)1-2-8(9)10(14)13-3-4-15-6-13/h1-2,5H,3-4,6H2. The molecule has 0 aromatic heterocycles. The second kappa shape index (κ2) is 4.51. The number of carbonyl (C=O) groups is 1. The third-order valence-corrected chi connectivity index (χ3v) is 3.09. The molecular weight excluding hydrogens is 281 g/mol. The highest BCUT2D eigenvalue weighted by atomic mass is 79.9. The van der Waals surface area contributed by atoms with Crippen molar-refractivity contribution >= 4 is 33.4 Å². The summed E-state index contributed by atoms with van der Waals surface area (Å²) in [6, 6.07) is 5.13. The molecule has 0 saturated carbocycles. The molecule has 1 fully saturated rings. The van der Waals surface area contributed by atoms with E-state index in [1.807, 2.05) is 0 Å². The molecule has 1 aliphatic rings. The molecular formula is C10H9BrClNO2. The van der Waals surface area contributed by atoms with Crippen molar-refractivity contribution in [3.05, 3.63) is 33.3 Å². The third-order valence-electron chi connectivity index (χ3n) is 2.20. The molecule has 1 amide bonds. The molecule has 0 radical (unpaired) electrons. The van der Waals surface area contributed by atoms with Crippen molar-refractivity contribution in [3.8, 4) is 0 Å². The van der Waals surface area contributed by atoms with Crippen LogP contribution in [0.15, 0.2) is 22.7 Å². The number of rotatable bonds is 1. The molecule has 0 atom stereocenters. The van der Waals surface area contributed by atoms with Crippen molar-refractivity contribution in [2.45, 2.75) is 0 Å². The lowest BCUT2D eigenvalue weighted by molar-refractivity contribution is 0.0694. The third kappa shape index (κ3) is 2.33. The topological polar surface area (TPSA) is 29.5 Å². The zero-order valence-corrected chi connectivity index (χ0v) is 10.2. The van der Waals surface area contributed by atoms with Crippen molar-refractivity contribution in [3.63, 3.8) is 0 Å². The Hall–Kier alpha value is -0.580. The smallest absolute Gasteiger partial charge is 0.256 e. The Kier molecular flexibility index (Phi) is 3.29. The van der Waals surface area contributed by atoms with E-state index in [-0.39, 0.29) is 5.91 Å². The lowest BCUT2D eigenvalue weighted by atomic mass is 10.2. The first kappa shape index (κ1) is 10.9. The number of benzene rings is 1. The average molecular weight is 291 g/mol. The van der Waals surface area contributed by atoms with Crippen molar-refractivity contribution in [2.75, 3.05) is 19.9 Å². The van der Waals surface area contributed by atoms with E-state index in [0.29, 0.717) is 34.9 Å². The van der Waals surface area contributed by atoms with Crippen molar-refractivity contribution in [2.24, 2.45) is 0 Å². The summed E-state index contributed by atoms with van der Waals surface area (Å²) in [7, 11) is 0. The van der Waals surface area contributed by atoms with Crippen LogP contribution in [0.5, 0.6) is 0 Å². The lowest BCUT2D eigenvalue weighted by Crippen LogP contribution is -2.28. The molecule has 0 bridgehead atoms. The molecule has 2 rings (SSSR count). The molecule has 1 aromatic carbocycles. The molecule has 1 heterocycles. The summed E-state index contributed by atoms with van der Waals surface area (Å²) in [6.45, 7) is 1.62. The fraction of sp³-hybridized carbons (Fsp3) is 0.300. The van der Waals surface area contributed by atoms with Crippen molar-refractivity contribution < 1.29 is 9.53 Å². The first-order valence-electron chi connectivity index (χ1n) is 4.50. The van der Waals surface area contributed by atoms with Crippen molar-refractivity contribution in [1.82, 2.24) is 4.90 Å². The number of carbonyl (C=O) groups excluding carboxylic acids is 1. The SMILES string of the molecule is O=C(c1ccc(Cl)cc1Br)N1CCOC1. The first-order valence-corrected chi connectivity index (χ1v) is 5.67. The van der Waals surface area contributed by atoms with Gasteiger partial charge in [-0.25, -0.2) is 0 Å². The molecule has 0 spiro atoms. The number of amides is 1. The van der Waals surface area contributed by atoms with Gasteiger partial charge in [-0.05, 0) is 34.1 Å². The fourth-order valence-corrected chi connectivity index (χ4v) is 2.26. The monoisotopic (exact) mass is 289 g/mol. The summed E-state index contributed by atoms with van der Waals surface area (Å²) >= 11 is 9.12. The van der Waals surface area contributed by atoms with Gasteiger partial charge in [-0.3, -0.25) is 4.79 Å². The second-order valence-corrected chi connectivity index (χ2v) is 4.52. The molecule has 15 heavy (non-hydrogen) atoms. The maximum Gasteiger partial charge on any atom is 0.256 e. The fourth-order valence-electron chi connectivity index (χ4n) is 1.41. The van der Waals surface area contributed by atoms with Gasteiger partial charge in [0.05, 0.1) is 12.2 Å². The van der Waals surface area contributed by atoms with Gasteiger partial charge < -0.3 is 9.64 Å². The lowest BCUT2D eigenvalue weighted by Gasteiger charge is -2.14. The maximum atomic E-state index is 12.0. The van der Waals surface area contributed by atoms with Crippen LogP contribution in [0.25, 0.3) is 0 Å². The number of nitrogens with zero attached hydrogens (tertiary/aromatic N) is 1. The van der Waals surface area contributed by atoms with E-state index in [9.17, 15) is 4.79 Å². The number of halogens is 2. The minimum atomic E-state index is -0.0314. The highest BCUT2D eigenvalue weighted by Crippen LogP contribution is 2.23. The Morgan fingerprint density at radius 3 is 2.93 bits per heavy atom. The van der Waals surface area contributed by atoms with E-state index in [4.69, 9.17) is 16.3 Å². The zero-order chi connectivity index (χ0) is 10.8. The number of ether oxygens (including phenoxy) is 1. The number of hydrogen-bond acceptors (Lipinski definition) is 2. The molecule has 0 aliphatic carbocycles. The van der Waals surface area contributed by atoms with Gasteiger partial charge >= 0.3 is 0 Å². The first-order chi connectivity index (χ1) is 7.18. The van der Waals surface area contributed by atoms with E-state index in [1.165, 1.54) is 0 Å². The highest BCUT2D eigenvalue weighted by molar-refractivity contribution is 9.10. The minimum Gasteiger partial charge on any atom is -0.359 e. The average Bonchev–Trinajstić information content (AvgIpc) is 2.69. The summed E-state index contributed by atoms with van der Waals surface area (Å²) in [5, 5.41) is 0.607. The van der Waals surface area contributed by atoms with Gasteiger partial charge in [-0.15, -0.1) is 0 Å². The van der Waals surface area contributed by atoms with Crippen LogP contribution in [-0.2, 0) is 4.74 Å². The molecule has 1 aliphatic heterocycles. The molecule has 5 heteroatoms. The Balaban J connectivity index is 2.24. The van der Waals surface area contributed by atoms with Crippen LogP contribution in [-0.4, -0.2) is 30.7 Å². The van der Waals surface area contributed by atoms with E-state index >= 15 is 0 Å². The second-order valence-electron chi connectivity index (χ2n) is 3.23. The molecule has 1 aromatic rings. The zero-order valence-electron chi connectivity index (χ0n) is 7.87. The van der Waals surface area contributed by atoms with Gasteiger partial charge in [0.2, 0.25) is 0 Å². The number of hydrogen-bond donors (Lipinski definition) is 0. The van der Waals surface area contributed by atoms with Crippen LogP contribution >= 0.6 is 27.5 Å². The van der Waals surface area contributed by atoms with E-state index in [2.05, 4.69) is 15.9 Å². The largest absolute Gasteiger partial charge is 0.359 e.